The fourth-order valence-corrected chi connectivity index (χ4v) is 4.38. The fourth-order valence-electron chi connectivity index (χ4n) is 1.51. The second-order valence-corrected chi connectivity index (χ2v) is 7.61. The number of aromatic nitrogens is 1. The molecule has 0 bridgehead atoms. The highest BCUT2D eigenvalue weighted by Gasteiger charge is 2.42. The lowest BCUT2D eigenvalue weighted by Gasteiger charge is -2.20. The highest BCUT2D eigenvalue weighted by atomic mass is 35.5. The Bertz CT molecular complexity index is 522. The summed E-state index contributed by atoms with van der Waals surface area (Å²) in [6.45, 7) is 0. The van der Waals surface area contributed by atoms with Gasteiger partial charge in [0, 0.05) is 17.5 Å². The van der Waals surface area contributed by atoms with Gasteiger partial charge in [0.2, 0.25) is 4.34 Å². The van der Waals surface area contributed by atoms with E-state index in [0.29, 0.717) is 6.04 Å². The number of hydrazine groups is 1. The molecule has 0 aliphatic heterocycles. The molecule has 3 rings (SSSR count). The maximum atomic E-state index is 12.3. The highest BCUT2D eigenvalue weighted by Crippen LogP contribution is 2.34. The SMILES string of the molecule is O=S(=O)(c1nc(Cl)cs1)N(NC1CC1)C1CC1. The van der Waals surface area contributed by atoms with E-state index in [1.165, 1.54) is 9.79 Å². The minimum absolute atomic E-state index is 0.0718. The summed E-state index contributed by atoms with van der Waals surface area (Å²) in [5.74, 6) is 0. The minimum atomic E-state index is -3.53. The fraction of sp³-hybridized carbons (Fsp3) is 0.667. The molecule has 0 unspecified atom stereocenters. The van der Waals surface area contributed by atoms with Gasteiger partial charge in [-0.15, -0.1) is 15.8 Å². The Morgan fingerprint density at radius 1 is 1.41 bits per heavy atom. The van der Waals surface area contributed by atoms with Crippen molar-refractivity contribution in [1.29, 1.82) is 0 Å². The molecule has 0 saturated heterocycles. The molecule has 1 aromatic rings. The molecule has 0 amide bonds. The molecule has 0 aromatic carbocycles. The van der Waals surface area contributed by atoms with Crippen LogP contribution >= 0.6 is 22.9 Å². The van der Waals surface area contributed by atoms with Crippen LogP contribution < -0.4 is 5.43 Å². The molecule has 0 spiro atoms. The van der Waals surface area contributed by atoms with E-state index in [0.717, 1.165) is 37.0 Å². The van der Waals surface area contributed by atoms with Crippen molar-refractivity contribution < 1.29 is 8.42 Å². The number of thiazole rings is 1. The molecule has 17 heavy (non-hydrogen) atoms. The van der Waals surface area contributed by atoms with Gasteiger partial charge in [-0.2, -0.15) is 0 Å². The van der Waals surface area contributed by atoms with E-state index in [2.05, 4.69) is 10.4 Å². The summed E-state index contributed by atoms with van der Waals surface area (Å²) in [4.78, 5) is 3.86. The van der Waals surface area contributed by atoms with Crippen molar-refractivity contribution in [3.05, 3.63) is 10.5 Å². The van der Waals surface area contributed by atoms with Crippen LogP contribution in [-0.2, 0) is 10.0 Å². The van der Waals surface area contributed by atoms with Crippen LogP contribution in [0.15, 0.2) is 9.72 Å². The van der Waals surface area contributed by atoms with E-state index in [1.54, 1.807) is 0 Å². The van der Waals surface area contributed by atoms with Crippen molar-refractivity contribution in [2.24, 2.45) is 0 Å². The molecule has 0 atom stereocenters. The monoisotopic (exact) mass is 293 g/mol. The molecule has 0 radical (unpaired) electrons. The predicted octanol–water partition coefficient (Wildman–Crippen LogP) is 1.62. The standard InChI is InChI=1S/C9H12ClN3O2S2/c10-8-5-16-9(11-8)17(14,15)13(7-3-4-7)12-6-1-2-6/h5-7,12H,1-4H2. The van der Waals surface area contributed by atoms with E-state index in [4.69, 9.17) is 11.6 Å². The van der Waals surface area contributed by atoms with Crippen molar-refractivity contribution in [2.45, 2.75) is 42.1 Å². The average molecular weight is 294 g/mol. The van der Waals surface area contributed by atoms with E-state index in [1.807, 2.05) is 0 Å². The number of nitrogens with zero attached hydrogens (tertiary/aromatic N) is 2. The first kappa shape index (κ1) is 11.9. The molecule has 1 heterocycles. The lowest BCUT2D eigenvalue weighted by molar-refractivity contribution is 0.302. The zero-order valence-corrected chi connectivity index (χ0v) is 11.4. The Balaban J connectivity index is 1.87. The molecule has 2 fully saturated rings. The Morgan fingerprint density at radius 3 is 2.59 bits per heavy atom. The highest BCUT2D eigenvalue weighted by molar-refractivity contribution is 7.91. The number of hydrogen-bond acceptors (Lipinski definition) is 5. The molecular formula is C9H12ClN3O2S2. The molecule has 5 nitrogen and oxygen atoms in total. The van der Waals surface area contributed by atoms with Crippen molar-refractivity contribution >= 4 is 33.0 Å². The number of hydrogen-bond donors (Lipinski definition) is 1. The maximum absolute atomic E-state index is 12.3. The van der Waals surface area contributed by atoms with E-state index in [-0.39, 0.29) is 15.5 Å². The third kappa shape index (κ3) is 2.48. The lowest BCUT2D eigenvalue weighted by atomic mass is 10.7. The van der Waals surface area contributed by atoms with Crippen LogP contribution in [0.25, 0.3) is 0 Å². The molecule has 2 saturated carbocycles. The summed E-state index contributed by atoms with van der Waals surface area (Å²) >= 11 is 6.75. The van der Waals surface area contributed by atoms with Gasteiger partial charge in [-0.05, 0) is 25.7 Å². The van der Waals surface area contributed by atoms with Crippen molar-refractivity contribution in [3.63, 3.8) is 0 Å². The summed E-state index contributed by atoms with van der Waals surface area (Å²) in [5.41, 5.74) is 3.07. The summed E-state index contributed by atoms with van der Waals surface area (Å²) < 4.78 is 26.1. The normalized spacial score (nSPS) is 21.1. The van der Waals surface area contributed by atoms with E-state index < -0.39 is 10.0 Å². The van der Waals surface area contributed by atoms with Crippen LogP contribution in [0.2, 0.25) is 5.15 Å². The van der Waals surface area contributed by atoms with Gasteiger partial charge in [0.1, 0.15) is 5.15 Å². The first-order valence-corrected chi connectivity index (χ1v) is 8.19. The molecular weight excluding hydrogens is 282 g/mol. The van der Waals surface area contributed by atoms with Gasteiger partial charge in [0.15, 0.2) is 0 Å². The summed E-state index contributed by atoms with van der Waals surface area (Å²) in [7, 11) is -3.53. The summed E-state index contributed by atoms with van der Waals surface area (Å²) in [5, 5.41) is 1.77. The number of nitrogens with one attached hydrogen (secondary N) is 1. The topological polar surface area (TPSA) is 62.3 Å². The van der Waals surface area contributed by atoms with Crippen LogP contribution in [-0.4, -0.2) is 29.9 Å². The molecule has 1 N–H and O–H groups in total. The number of sulfonamides is 1. The zero-order chi connectivity index (χ0) is 12.0. The van der Waals surface area contributed by atoms with Gasteiger partial charge in [0.05, 0.1) is 0 Å². The van der Waals surface area contributed by atoms with Crippen LogP contribution in [0.1, 0.15) is 25.7 Å². The molecule has 1 aromatic heterocycles. The third-order valence-electron chi connectivity index (χ3n) is 2.70. The quantitative estimate of drug-likeness (QED) is 0.838. The van der Waals surface area contributed by atoms with Gasteiger partial charge in [-0.1, -0.05) is 11.6 Å². The first-order valence-electron chi connectivity index (χ1n) is 5.49. The van der Waals surface area contributed by atoms with Crippen LogP contribution in [0.4, 0.5) is 0 Å². The van der Waals surface area contributed by atoms with Gasteiger partial charge < -0.3 is 0 Å². The number of halogens is 1. The van der Waals surface area contributed by atoms with Crippen molar-refractivity contribution in [3.8, 4) is 0 Å². The van der Waals surface area contributed by atoms with Crippen LogP contribution in [0.3, 0.4) is 0 Å². The van der Waals surface area contributed by atoms with Crippen molar-refractivity contribution in [1.82, 2.24) is 14.8 Å². The van der Waals surface area contributed by atoms with Crippen LogP contribution in [0.5, 0.6) is 0 Å². The Kier molecular flexibility index (Phi) is 2.91. The zero-order valence-electron chi connectivity index (χ0n) is 8.97. The Hall–Kier alpha value is -0.210. The van der Waals surface area contributed by atoms with Crippen LogP contribution in [0, 0.1) is 0 Å². The summed E-state index contributed by atoms with van der Waals surface area (Å²) in [6.07, 6.45) is 3.91. The van der Waals surface area contributed by atoms with E-state index >= 15 is 0 Å². The second kappa shape index (κ2) is 4.17. The van der Waals surface area contributed by atoms with E-state index in [9.17, 15) is 8.42 Å². The van der Waals surface area contributed by atoms with Gasteiger partial charge in [-0.3, -0.25) is 0 Å². The largest absolute Gasteiger partial charge is 0.283 e. The summed E-state index contributed by atoms with van der Waals surface area (Å²) in [6, 6.07) is 0.393. The Morgan fingerprint density at radius 2 is 2.12 bits per heavy atom. The molecule has 8 heteroatoms. The molecule has 2 aliphatic rings. The first-order chi connectivity index (χ1) is 8.07. The second-order valence-electron chi connectivity index (χ2n) is 4.37. The third-order valence-corrected chi connectivity index (χ3v) is 6.03. The lowest BCUT2D eigenvalue weighted by Crippen LogP contribution is -2.45. The average Bonchev–Trinajstić information content (AvgIpc) is 3.16. The minimum Gasteiger partial charge on any atom is -0.238 e. The van der Waals surface area contributed by atoms with Crippen molar-refractivity contribution in [2.75, 3.05) is 0 Å². The smallest absolute Gasteiger partial charge is 0.238 e. The number of rotatable bonds is 5. The van der Waals surface area contributed by atoms with Gasteiger partial charge in [-0.25, -0.2) is 18.8 Å². The predicted molar refractivity (Wildman–Crippen MR) is 65.3 cm³/mol. The Labute approximate surface area is 109 Å². The maximum Gasteiger partial charge on any atom is 0.283 e. The van der Waals surface area contributed by atoms with Gasteiger partial charge in [0.25, 0.3) is 10.0 Å². The molecule has 94 valence electrons. The molecule has 2 aliphatic carbocycles. The van der Waals surface area contributed by atoms with Gasteiger partial charge >= 0.3 is 0 Å².